The fraction of sp³-hybridized carbons (Fsp3) is 0.240. The largest absolute Gasteiger partial charge is 0.441 e. The van der Waals surface area contributed by atoms with E-state index in [2.05, 4.69) is 31.9 Å². The number of carbonyl (C=O) groups is 1. The molecule has 9 heteroatoms. The Balaban J connectivity index is 1.37. The number of aromatic amines is 1. The van der Waals surface area contributed by atoms with E-state index in [4.69, 9.17) is 17.0 Å². The van der Waals surface area contributed by atoms with Crippen molar-refractivity contribution >= 4 is 35.4 Å². The number of hydrogen-bond donors (Lipinski definition) is 1. The quantitative estimate of drug-likeness (QED) is 0.590. The first-order valence-corrected chi connectivity index (χ1v) is 11.5. The molecule has 1 fully saturated rings. The summed E-state index contributed by atoms with van der Waals surface area (Å²) in [5, 5.41) is 0. The zero-order valence-electron chi connectivity index (χ0n) is 18.8. The molecule has 1 aromatic heterocycles. The van der Waals surface area contributed by atoms with Crippen molar-refractivity contribution in [1.29, 1.82) is 0 Å². The molecule has 0 spiro atoms. The number of piperazine rings is 1. The van der Waals surface area contributed by atoms with Crippen molar-refractivity contribution in [2.24, 2.45) is 9.98 Å². The van der Waals surface area contributed by atoms with Gasteiger partial charge in [-0.3, -0.25) is 9.79 Å². The van der Waals surface area contributed by atoms with Gasteiger partial charge in [0.1, 0.15) is 18.0 Å². The number of amides is 1. The van der Waals surface area contributed by atoms with Crippen molar-refractivity contribution in [2.75, 3.05) is 39.8 Å². The van der Waals surface area contributed by atoms with E-state index in [1.165, 1.54) is 0 Å². The van der Waals surface area contributed by atoms with Crippen LogP contribution in [0.4, 0.5) is 5.69 Å². The Morgan fingerprint density at radius 2 is 1.79 bits per heavy atom. The summed E-state index contributed by atoms with van der Waals surface area (Å²) < 4.78 is 6.50. The number of nitrogens with zero attached hydrogens (tertiary/aromatic N) is 5. The Kier molecular flexibility index (Phi) is 6.29. The summed E-state index contributed by atoms with van der Waals surface area (Å²) in [7, 11) is 2.07. The third-order valence-corrected chi connectivity index (χ3v) is 6.05. The molecule has 1 N–H and O–H groups in total. The number of likely N-dealkylation sites (N-methyl/N-ethyl adjacent to an activating group) is 1. The zero-order valence-corrected chi connectivity index (χ0v) is 19.6. The minimum absolute atomic E-state index is 0.0592. The lowest BCUT2D eigenvalue weighted by Crippen LogP contribution is -2.49. The number of fused-ring (bicyclic) bond motifs is 1. The van der Waals surface area contributed by atoms with Crippen LogP contribution in [0.5, 0.6) is 5.75 Å². The van der Waals surface area contributed by atoms with E-state index < -0.39 is 0 Å². The molecule has 3 aromatic rings. The first kappa shape index (κ1) is 22.1. The van der Waals surface area contributed by atoms with E-state index in [0.717, 1.165) is 29.9 Å². The summed E-state index contributed by atoms with van der Waals surface area (Å²) in [4.78, 5) is 33.8. The molecule has 1 saturated heterocycles. The number of aliphatic imine (C=N–C) groups is 2. The maximum absolute atomic E-state index is 13.3. The van der Waals surface area contributed by atoms with Crippen molar-refractivity contribution in [1.82, 2.24) is 19.8 Å². The maximum Gasteiger partial charge on any atom is 0.272 e. The summed E-state index contributed by atoms with van der Waals surface area (Å²) in [6.45, 7) is 3.27. The number of nitrogens with one attached hydrogen (secondary N) is 1. The van der Waals surface area contributed by atoms with Crippen molar-refractivity contribution in [3.63, 3.8) is 0 Å². The second-order valence-corrected chi connectivity index (χ2v) is 8.58. The van der Waals surface area contributed by atoms with Crippen LogP contribution in [-0.4, -0.2) is 77.1 Å². The van der Waals surface area contributed by atoms with Crippen LogP contribution in [0.1, 0.15) is 5.56 Å². The van der Waals surface area contributed by atoms with Gasteiger partial charge in [0.2, 0.25) is 5.90 Å². The molecular weight excluding hydrogens is 448 g/mol. The molecule has 5 rings (SSSR count). The van der Waals surface area contributed by atoms with Crippen molar-refractivity contribution in [3.05, 3.63) is 71.1 Å². The molecular formula is C25H24N6O2S. The predicted molar refractivity (Wildman–Crippen MR) is 135 cm³/mol. The fourth-order valence-corrected chi connectivity index (χ4v) is 4.12. The van der Waals surface area contributed by atoms with Gasteiger partial charge in [-0.15, -0.1) is 0 Å². The average Bonchev–Trinajstić information content (AvgIpc) is 3.04. The second kappa shape index (κ2) is 9.66. The minimum Gasteiger partial charge on any atom is -0.441 e. The molecule has 0 aliphatic carbocycles. The van der Waals surface area contributed by atoms with Gasteiger partial charge in [-0.1, -0.05) is 18.2 Å². The van der Waals surface area contributed by atoms with Crippen molar-refractivity contribution in [3.8, 4) is 17.0 Å². The Morgan fingerprint density at radius 1 is 1.03 bits per heavy atom. The molecule has 1 amide bonds. The number of aromatic nitrogens is 2. The second-order valence-electron chi connectivity index (χ2n) is 8.20. The number of benzene rings is 2. The Bertz CT molecular complexity index is 1320. The van der Waals surface area contributed by atoms with E-state index in [-0.39, 0.29) is 12.5 Å². The lowest BCUT2D eigenvalue weighted by molar-refractivity contribution is -0.125. The highest BCUT2D eigenvalue weighted by Crippen LogP contribution is 2.25. The van der Waals surface area contributed by atoms with Crippen LogP contribution in [0.25, 0.3) is 11.3 Å². The van der Waals surface area contributed by atoms with Crippen LogP contribution >= 0.6 is 12.2 Å². The van der Waals surface area contributed by atoms with E-state index in [1.807, 2.05) is 59.5 Å². The summed E-state index contributed by atoms with van der Waals surface area (Å²) in [6.07, 6.45) is 1.68. The monoisotopic (exact) mass is 472 g/mol. The predicted octanol–water partition coefficient (Wildman–Crippen LogP) is 3.49. The molecule has 0 atom stereocenters. The van der Waals surface area contributed by atoms with Gasteiger partial charge in [-0.25, -0.2) is 9.98 Å². The maximum atomic E-state index is 13.3. The molecule has 0 bridgehead atoms. The van der Waals surface area contributed by atoms with E-state index in [9.17, 15) is 4.79 Å². The molecule has 172 valence electrons. The van der Waals surface area contributed by atoms with Gasteiger partial charge in [0.25, 0.3) is 5.91 Å². The molecule has 2 aliphatic heterocycles. The third kappa shape index (κ3) is 4.80. The lowest BCUT2D eigenvalue weighted by Gasteiger charge is -2.32. The van der Waals surface area contributed by atoms with Crippen LogP contribution in [0.3, 0.4) is 0 Å². The topological polar surface area (TPSA) is 86.2 Å². The summed E-state index contributed by atoms with van der Waals surface area (Å²) in [6, 6.07) is 17.0. The van der Waals surface area contributed by atoms with E-state index in [0.29, 0.717) is 40.9 Å². The lowest BCUT2D eigenvalue weighted by atomic mass is 10.1. The van der Waals surface area contributed by atoms with Crippen LogP contribution in [0.2, 0.25) is 0 Å². The van der Waals surface area contributed by atoms with Gasteiger partial charge < -0.3 is 19.5 Å². The number of hydrogen-bond acceptors (Lipinski definition) is 7. The van der Waals surface area contributed by atoms with Gasteiger partial charge in [-0.2, -0.15) is 0 Å². The molecule has 3 heterocycles. The third-order valence-electron chi connectivity index (χ3n) is 5.85. The zero-order chi connectivity index (χ0) is 23.5. The van der Waals surface area contributed by atoms with Crippen LogP contribution in [-0.2, 0) is 4.79 Å². The number of ether oxygens (including phenoxy) is 1. The molecule has 8 nitrogen and oxygen atoms in total. The number of H-pyrrole nitrogens is 1. The molecule has 34 heavy (non-hydrogen) atoms. The Morgan fingerprint density at radius 3 is 2.56 bits per heavy atom. The van der Waals surface area contributed by atoms with Gasteiger partial charge in [0.15, 0.2) is 4.77 Å². The summed E-state index contributed by atoms with van der Waals surface area (Å²) in [5.41, 5.74) is 3.69. The highest BCUT2D eigenvalue weighted by atomic mass is 32.1. The van der Waals surface area contributed by atoms with Crippen LogP contribution in [0.15, 0.2) is 70.8 Å². The molecule has 0 unspecified atom stereocenters. The Labute approximate surface area is 202 Å². The number of rotatable bonds is 3. The molecule has 2 aromatic carbocycles. The van der Waals surface area contributed by atoms with E-state index in [1.54, 1.807) is 6.20 Å². The average molecular weight is 473 g/mol. The molecule has 0 saturated carbocycles. The summed E-state index contributed by atoms with van der Waals surface area (Å²) in [5.74, 6) is 1.01. The van der Waals surface area contributed by atoms with E-state index >= 15 is 0 Å². The van der Waals surface area contributed by atoms with Gasteiger partial charge in [-0.05, 0) is 61.2 Å². The highest BCUT2D eigenvalue weighted by Gasteiger charge is 2.27. The Hall–Kier alpha value is -3.69. The minimum atomic E-state index is -0.0592. The number of carbonyl (C=O) groups excluding carboxylic acids is 1. The SMILES string of the molecule is CN1CCN(C(=O)C2=NCC(Oc3ccc(-c4ccnc(=S)[nH]4)cc3)=Nc3ccccc32)CC1. The standard InChI is InChI=1S/C25H24N6O2S/c1-30-12-14-31(15-13-30)24(32)23-19-4-2-3-5-21(19)28-22(16-27-23)33-18-8-6-17(7-9-18)20-10-11-26-25(34)29-20/h2-11H,12-16H2,1H3,(H,26,29,34). The normalized spacial score (nSPS) is 16.2. The smallest absolute Gasteiger partial charge is 0.272 e. The van der Waals surface area contributed by atoms with Gasteiger partial charge in [0, 0.05) is 43.6 Å². The molecule has 2 aliphatic rings. The first-order valence-electron chi connectivity index (χ1n) is 11.1. The molecule has 0 radical (unpaired) electrons. The van der Waals surface area contributed by atoms with Crippen LogP contribution < -0.4 is 4.74 Å². The number of para-hydroxylation sites is 1. The van der Waals surface area contributed by atoms with Crippen LogP contribution in [0, 0.1) is 4.77 Å². The van der Waals surface area contributed by atoms with Gasteiger partial charge in [0.05, 0.1) is 5.69 Å². The first-order chi connectivity index (χ1) is 16.6. The van der Waals surface area contributed by atoms with Crippen molar-refractivity contribution in [2.45, 2.75) is 0 Å². The highest BCUT2D eigenvalue weighted by molar-refractivity contribution is 7.71. The summed E-state index contributed by atoms with van der Waals surface area (Å²) >= 11 is 5.10. The van der Waals surface area contributed by atoms with Gasteiger partial charge >= 0.3 is 0 Å². The van der Waals surface area contributed by atoms with Crippen molar-refractivity contribution < 1.29 is 9.53 Å². The fourth-order valence-electron chi connectivity index (χ4n) is 3.95.